The van der Waals surface area contributed by atoms with Crippen molar-refractivity contribution in [2.24, 2.45) is 0 Å². The predicted octanol–water partition coefficient (Wildman–Crippen LogP) is 8.72. The lowest BCUT2D eigenvalue weighted by Crippen LogP contribution is -2.30. The number of ether oxygens (including phenoxy) is 8. The Morgan fingerprint density at radius 1 is 0.365 bits per heavy atom. The molecule has 18 heteroatoms. The van der Waals surface area contributed by atoms with Gasteiger partial charge in [0.05, 0.1) is 26.3 Å². The van der Waals surface area contributed by atoms with Crippen LogP contribution >= 0.6 is 0 Å². The lowest BCUT2D eigenvalue weighted by atomic mass is 9.85. The summed E-state index contributed by atoms with van der Waals surface area (Å²) in [5.74, 6) is -2.59. The molecule has 0 saturated heterocycles. The van der Waals surface area contributed by atoms with Crippen LogP contribution in [-0.2, 0) is 47.7 Å². The van der Waals surface area contributed by atoms with E-state index in [1.54, 1.807) is 97.1 Å². The molecule has 0 atom stereocenters. The number of nitrogens with one attached hydrogen (secondary N) is 2. The van der Waals surface area contributed by atoms with Crippen LogP contribution in [-0.4, -0.2) is 87.5 Å². The van der Waals surface area contributed by atoms with E-state index in [0.717, 1.165) is 0 Å². The molecule has 0 heterocycles. The molecule has 0 spiro atoms. The van der Waals surface area contributed by atoms with E-state index in [-0.39, 0.29) is 110 Å². The van der Waals surface area contributed by atoms with Crippen molar-refractivity contribution in [3.8, 4) is 23.0 Å². The van der Waals surface area contributed by atoms with Gasteiger partial charge in [0.1, 0.15) is 36.2 Å². The fourth-order valence-corrected chi connectivity index (χ4v) is 6.17. The molecule has 0 fully saturated rings. The third kappa shape index (κ3) is 19.6. The molecule has 0 radical (unpaired) electrons. The van der Waals surface area contributed by atoms with E-state index < -0.39 is 48.0 Å². The maximum atomic E-state index is 12.8. The van der Waals surface area contributed by atoms with Gasteiger partial charge in [-0.05, 0) is 122 Å². The highest BCUT2D eigenvalue weighted by molar-refractivity contribution is 6.05. The fraction of sp³-hybridized carbons (Fsp3) is 0.250. The molecule has 0 saturated carbocycles. The zero-order valence-corrected chi connectivity index (χ0v) is 41.7. The highest BCUT2D eigenvalue weighted by Gasteiger charge is 2.20. The lowest BCUT2D eigenvalue weighted by Gasteiger charge is -2.19. The molecule has 0 aliphatic rings. The van der Waals surface area contributed by atoms with Gasteiger partial charge in [-0.25, -0.2) is 28.8 Å². The summed E-state index contributed by atoms with van der Waals surface area (Å²) in [4.78, 5) is 97.9. The first-order valence-corrected chi connectivity index (χ1v) is 23.1. The van der Waals surface area contributed by atoms with E-state index in [1.807, 2.05) is 0 Å². The van der Waals surface area contributed by atoms with Crippen molar-refractivity contribution < 1.29 is 76.3 Å². The van der Waals surface area contributed by atoms with Gasteiger partial charge in [0.15, 0.2) is 0 Å². The second kappa shape index (κ2) is 29.3. The molecule has 0 bridgehead atoms. The second-order valence-electron chi connectivity index (χ2n) is 16.3. The Hall–Kier alpha value is -9.06. The SMILES string of the molecule is C=C(C)C(=O)OCCCC(=O)Oc1ccc(C(=C(c2ccc(OC(=O)NCCOC(=O)C(=C)C)cc2)c2ccc(OC(=O)NCCOC(=O)C(=C)C)cc2)c2ccc(OC(=O)CCCOC(=O)C(=C)C)cc2)cc1. The second-order valence-corrected chi connectivity index (χ2v) is 16.3. The van der Waals surface area contributed by atoms with Crippen molar-refractivity contribution in [2.45, 2.75) is 53.4 Å². The molecule has 4 rings (SSSR count). The van der Waals surface area contributed by atoms with Gasteiger partial charge in [-0.1, -0.05) is 74.8 Å². The topological polar surface area (TPSA) is 234 Å². The minimum Gasteiger partial charge on any atom is -0.462 e. The van der Waals surface area contributed by atoms with Crippen LogP contribution in [0.3, 0.4) is 0 Å². The van der Waals surface area contributed by atoms with Crippen LogP contribution in [0.15, 0.2) is 146 Å². The fourth-order valence-electron chi connectivity index (χ4n) is 6.17. The Balaban J connectivity index is 1.72. The Labute approximate surface area is 428 Å². The first-order chi connectivity index (χ1) is 35.3. The van der Waals surface area contributed by atoms with Gasteiger partial charge in [0, 0.05) is 35.1 Å². The van der Waals surface area contributed by atoms with E-state index in [2.05, 4.69) is 36.9 Å². The summed E-state index contributed by atoms with van der Waals surface area (Å²) in [5.41, 5.74) is 4.61. The summed E-state index contributed by atoms with van der Waals surface area (Å²) in [6.45, 7) is 19.9. The summed E-state index contributed by atoms with van der Waals surface area (Å²) < 4.78 is 42.4. The summed E-state index contributed by atoms with van der Waals surface area (Å²) in [7, 11) is 0. The van der Waals surface area contributed by atoms with Gasteiger partial charge in [-0.15, -0.1) is 0 Å². The van der Waals surface area contributed by atoms with Gasteiger partial charge < -0.3 is 48.5 Å². The highest BCUT2D eigenvalue weighted by atomic mass is 16.6. The van der Waals surface area contributed by atoms with E-state index in [9.17, 15) is 38.4 Å². The van der Waals surface area contributed by atoms with Crippen molar-refractivity contribution in [3.63, 3.8) is 0 Å². The average molecular weight is 1020 g/mol. The average Bonchev–Trinajstić information content (AvgIpc) is 3.37. The Bertz CT molecular complexity index is 2380. The van der Waals surface area contributed by atoms with Gasteiger partial charge in [0.2, 0.25) is 0 Å². The molecule has 0 unspecified atom stereocenters. The van der Waals surface area contributed by atoms with E-state index >= 15 is 0 Å². The number of carbonyl (C=O) groups is 8. The van der Waals surface area contributed by atoms with Crippen LogP contribution in [0, 0.1) is 0 Å². The molecule has 74 heavy (non-hydrogen) atoms. The zero-order chi connectivity index (χ0) is 54.2. The maximum absolute atomic E-state index is 12.8. The number of hydrogen-bond acceptors (Lipinski definition) is 16. The normalized spacial score (nSPS) is 10.3. The molecule has 0 aromatic heterocycles. The predicted molar refractivity (Wildman–Crippen MR) is 272 cm³/mol. The number of carbonyl (C=O) groups excluding carboxylic acids is 8. The lowest BCUT2D eigenvalue weighted by molar-refractivity contribution is -0.141. The Morgan fingerprint density at radius 2 is 0.608 bits per heavy atom. The summed E-state index contributed by atoms with van der Waals surface area (Å²) in [5, 5.41) is 5.04. The van der Waals surface area contributed by atoms with E-state index in [0.29, 0.717) is 33.4 Å². The van der Waals surface area contributed by atoms with Crippen molar-refractivity contribution >= 4 is 59.1 Å². The van der Waals surface area contributed by atoms with Crippen LogP contribution < -0.4 is 29.6 Å². The Kier molecular flexibility index (Phi) is 22.8. The molecule has 2 N–H and O–H groups in total. The third-order valence-electron chi connectivity index (χ3n) is 9.83. The molecule has 2 amide bonds. The van der Waals surface area contributed by atoms with E-state index in [1.165, 1.54) is 27.7 Å². The summed E-state index contributed by atoms with van der Waals surface area (Å²) >= 11 is 0. The van der Waals surface area contributed by atoms with Crippen molar-refractivity contribution in [1.29, 1.82) is 0 Å². The molecular weight excluding hydrogens is 957 g/mol. The number of amides is 2. The first-order valence-electron chi connectivity index (χ1n) is 23.1. The zero-order valence-electron chi connectivity index (χ0n) is 41.7. The number of hydrogen-bond donors (Lipinski definition) is 2. The van der Waals surface area contributed by atoms with Crippen molar-refractivity contribution in [3.05, 3.63) is 168 Å². The number of rotatable bonds is 26. The molecule has 388 valence electrons. The van der Waals surface area contributed by atoms with Gasteiger partial charge in [-0.3, -0.25) is 9.59 Å². The highest BCUT2D eigenvalue weighted by Crippen LogP contribution is 2.39. The molecule has 4 aromatic carbocycles. The maximum Gasteiger partial charge on any atom is 0.412 e. The number of esters is 6. The standard InChI is InChI=1S/C56H58N2O16/c1-35(2)51(61)67-31-9-11-47(59)71-43-21-13-39(14-22-43)49(40-15-23-44(24-16-40)72-48(60)12-10-32-68-52(62)36(3)4)50(41-17-25-45(26-18-41)73-55(65)57-29-33-69-53(63)37(5)6)42-19-27-46(28-20-42)74-56(66)58-30-34-70-54(64)38(7)8/h13-28H,1,3,5,7,9-12,29-34H2,2,4,6,8H3,(H,57,65)(H,58,66). The molecule has 0 aliphatic heterocycles. The van der Waals surface area contributed by atoms with Crippen LogP contribution in [0.25, 0.3) is 11.1 Å². The largest absolute Gasteiger partial charge is 0.462 e. The smallest absolute Gasteiger partial charge is 0.412 e. The molecule has 4 aromatic rings. The Morgan fingerprint density at radius 3 is 0.865 bits per heavy atom. The summed E-state index contributed by atoms with van der Waals surface area (Å²) in [6, 6.07) is 26.6. The van der Waals surface area contributed by atoms with Crippen LogP contribution in [0.5, 0.6) is 23.0 Å². The van der Waals surface area contributed by atoms with Gasteiger partial charge in [-0.2, -0.15) is 0 Å². The quantitative estimate of drug-likeness (QED) is 0.0149. The molecular formula is C56H58N2O16. The summed E-state index contributed by atoms with van der Waals surface area (Å²) in [6.07, 6.45) is -1.20. The van der Waals surface area contributed by atoms with E-state index in [4.69, 9.17) is 37.9 Å². The minimum absolute atomic E-state index is 0.00574. The third-order valence-corrected chi connectivity index (χ3v) is 9.83. The first kappa shape index (κ1) is 57.5. The van der Waals surface area contributed by atoms with Gasteiger partial charge in [0.25, 0.3) is 0 Å². The molecule has 0 aliphatic carbocycles. The van der Waals surface area contributed by atoms with Crippen LogP contribution in [0.1, 0.15) is 75.6 Å². The number of benzene rings is 4. The minimum atomic E-state index is -0.799. The van der Waals surface area contributed by atoms with Crippen molar-refractivity contribution in [1.82, 2.24) is 10.6 Å². The van der Waals surface area contributed by atoms with Crippen LogP contribution in [0.4, 0.5) is 9.59 Å². The van der Waals surface area contributed by atoms with Crippen LogP contribution in [0.2, 0.25) is 0 Å². The molecule has 18 nitrogen and oxygen atoms in total. The van der Waals surface area contributed by atoms with Gasteiger partial charge >= 0.3 is 48.0 Å². The monoisotopic (exact) mass is 1010 g/mol. The van der Waals surface area contributed by atoms with Crippen molar-refractivity contribution in [2.75, 3.05) is 39.5 Å².